The second kappa shape index (κ2) is 9.02. The first-order valence-electron chi connectivity index (χ1n) is 9.50. The monoisotopic (exact) mass is 411 g/mol. The van der Waals surface area contributed by atoms with Gasteiger partial charge in [-0.3, -0.25) is 0 Å². The molecule has 1 aliphatic rings. The Morgan fingerprint density at radius 2 is 1.82 bits per heavy atom. The van der Waals surface area contributed by atoms with Crippen LogP contribution >= 0.6 is 0 Å². The lowest BCUT2D eigenvalue weighted by Gasteiger charge is -2.48. The van der Waals surface area contributed by atoms with E-state index in [1.165, 1.54) is 7.11 Å². The number of carbonyl (C=O) groups is 1. The predicted molar refractivity (Wildman–Crippen MR) is 108 cm³/mol. The van der Waals surface area contributed by atoms with Crippen LogP contribution in [-0.4, -0.2) is 63.8 Å². The number of aliphatic hydroxyl groups excluding tert-OH is 1. The lowest BCUT2D eigenvalue weighted by molar-refractivity contribution is -0.254. The van der Waals surface area contributed by atoms with Gasteiger partial charge < -0.3 is 29.5 Å². The molecule has 0 saturated carbocycles. The summed E-state index contributed by atoms with van der Waals surface area (Å²) in [5.74, 6) is -0.502. The molecule has 1 aromatic carbocycles. The molecule has 3 N–H and O–H groups in total. The van der Waals surface area contributed by atoms with E-state index in [1.54, 1.807) is 24.3 Å². The van der Waals surface area contributed by atoms with Crippen molar-refractivity contribution < 1.29 is 28.5 Å². The smallest absolute Gasteiger partial charge is 0.338 e. The summed E-state index contributed by atoms with van der Waals surface area (Å²) in [4.78, 5) is 12.7. The van der Waals surface area contributed by atoms with Gasteiger partial charge in [0.1, 0.15) is 18.3 Å². The van der Waals surface area contributed by atoms with E-state index in [0.29, 0.717) is 5.56 Å². The standard InChI is InChI=1S/C20H33NO6Si/c1-20(2,3)28(5,6)27-16-14(12-22)25-19(24-4)15(21)17(16)26-18(23)13-10-8-7-9-11-13/h7-11,14-17,19,22H,12,21H2,1-6H3/t14-,15-,16-,17-,19+/m1/s1. The molecule has 0 amide bonds. The van der Waals surface area contributed by atoms with E-state index in [-0.39, 0.29) is 11.6 Å². The fourth-order valence-corrected chi connectivity index (χ4v) is 4.18. The first-order valence-corrected chi connectivity index (χ1v) is 12.4. The molecule has 1 aliphatic heterocycles. The van der Waals surface area contributed by atoms with Crippen LogP contribution in [0.25, 0.3) is 0 Å². The Labute approximate surface area is 168 Å². The molecular formula is C20H33NO6Si. The van der Waals surface area contributed by atoms with Gasteiger partial charge >= 0.3 is 5.97 Å². The largest absolute Gasteiger partial charge is 0.454 e. The van der Waals surface area contributed by atoms with Crippen LogP contribution in [0.15, 0.2) is 30.3 Å². The normalized spacial score (nSPS) is 28.8. The van der Waals surface area contributed by atoms with E-state index in [9.17, 15) is 9.90 Å². The summed E-state index contributed by atoms with van der Waals surface area (Å²) in [6.07, 6.45) is -3.05. The van der Waals surface area contributed by atoms with E-state index in [4.69, 9.17) is 24.4 Å². The van der Waals surface area contributed by atoms with Crippen molar-refractivity contribution in [2.45, 2.75) is 69.5 Å². The summed E-state index contributed by atoms with van der Waals surface area (Å²) in [5, 5.41) is 9.82. The summed E-state index contributed by atoms with van der Waals surface area (Å²) < 4.78 is 23.4. The molecule has 28 heavy (non-hydrogen) atoms. The summed E-state index contributed by atoms with van der Waals surface area (Å²) >= 11 is 0. The summed E-state index contributed by atoms with van der Waals surface area (Å²) in [5.41, 5.74) is 6.74. The maximum atomic E-state index is 12.7. The SMILES string of the molecule is CO[C@H]1O[C@H](CO)[C@@H](O[Si](C)(C)C(C)(C)C)[C@H](OC(=O)c2ccccc2)[C@H]1N. The Bertz CT molecular complexity index is 648. The summed E-state index contributed by atoms with van der Waals surface area (Å²) in [7, 11) is -0.801. The zero-order valence-corrected chi connectivity index (χ0v) is 18.5. The van der Waals surface area contributed by atoms with Crippen LogP contribution in [0.2, 0.25) is 18.1 Å². The highest BCUT2D eigenvalue weighted by Gasteiger charge is 2.51. The van der Waals surface area contributed by atoms with Crippen LogP contribution < -0.4 is 5.73 Å². The number of nitrogens with two attached hydrogens (primary N) is 1. The van der Waals surface area contributed by atoms with E-state index in [2.05, 4.69) is 33.9 Å². The first-order chi connectivity index (χ1) is 13.0. The predicted octanol–water partition coefficient (Wildman–Crippen LogP) is 2.29. The average Bonchev–Trinajstić information content (AvgIpc) is 2.64. The van der Waals surface area contributed by atoms with Crippen molar-refractivity contribution in [3.05, 3.63) is 35.9 Å². The van der Waals surface area contributed by atoms with Crippen LogP contribution in [0.1, 0.15) is 31.1 Å². The fourth-order valence-electron chi connectivity index (χ4n) is 2.86. The van der Waals surface area contributed by atoms with Gasteiger partial charge in [-0.15, -0.1) is 0 Å². The molecule has 0 bridgehead atoms. The minimum atomic E-state index is -2.26. The third-order valence-corrected chi connectivity index (χ3v) is 10.1. The van der Waals surface area contributed by atoms with Gasteiger partial charge in [0.25, 0.3) is 0 Å². The molecule has 0 spiro atoms. The molecule has 158 valence electrons. The van der Waals surface area contributed by atoms with Gasteiger partial charge in [0.05, 0.1) is 18.2 Å². The van der Waals surface area contributed by atoms with E-state index in [0.717, 1.165) is 0 Å². The van der Waals surface area contributed by atoms with Gasteiger partial charge in [-0.1, -0.05) is 39.0 Å². The van der Waals surface area contributed by atoms with Gasteiger partial charge in [0.2, 0.25) is 0 Å². The Morgan fingerprint density at radius 3 is 2.32 bits per heavy atom. The first kappa shape index (κ1) is 23.0. The number of aliphatic hydroxyl groups is 1. The van der Waals surface area contributed by atoms with Gasteiger partial charge in [0.15, 0.2) is 14.6 Å². The Hall–Kier alpha value is -1.29. The number of esters is 1. The van der Waals surface area contributed by atoms with E-state index >= 15 is 0 Å². The van der Waals surface area contributed by atoms with Crippen molar-refractivity contribution in [1.29, 1.82) is 0 Å². The topological polar surface area (TPSA) is 100 Å². The molecule has 7 nitrogen and oxygen atoms in total. The number of carbonyl (C=O) groups excluding carboxylic acids is 1. The lowest BCUT2D eigenvalue weighted by atomic mass is 9.97. The Balaban J connectivity index is 2.34. The van der Waals surface area contributed by atoms with Crippen LogP contribution in [0.5, 0.6) is 0 Å². The number of rotatable bonds is 6. The van der Waals surface area contributed by atoms with Crippen molar-refractivity contribution in [2.24, 2.45) is 5.73 Å². The quantitative estimate of drug-likeness (QED) is 0.547. The molecular weight excluding hydrogens is 378 g/mol. The highest BCUT2D eigenvalue weighted by atomic mass is 28.4. The van der Waals surface area contributed by atoms with E-state index < -0.39 is 44.9 Å². The van der Waals surface area contributed by atoms with Gasteiger partial charge in [-0.25, -0.2) is 4.79 Å². The van der Waals surface area contributed by atoms with Crippen LogP contribution in [0, 0.1) is 0 Å². The van der Waals surface area contributed by atoms with Gasteiger partial charge in [0, 0.05) is 7.11 Å². The molecule has 0 radical (unpaired) electrons. The Kier molecular flexibility index (Phi) is 7.41. The fraction of sp³-hybridized carbons (Fsp3) is 0.650. The third-order valence-electron chi connectivity index (χ3n) is 5.59. The molecule has 1 fully saturated rings. The molecule has 5 atom stereocenters. The summed E-state index contributed by atoms with van der Waals surface area (Å²) in [6.45, 7) is 10.2. The third kappa shape index (κ3) is 5.00. The number of ether oxygens (including phenoxy) is 3. The minimum absolute atomic E-state index is 0.0802. The van der Waals surface area contributed by atoms with Crippen molar-refractivity contribution in [2.75, 3.05) is 13.7 Å². The van der Waals surface area contributed by atoms with E-state index in [1.807, 2.05) is 6.07 Å². The second-order valence-electron chi connectivity index (χ2n) is 8.62. The maximum Gasteiger partial charge on any atom is 0.338 e. The molecule has 1 heterocycles. The molecule has 0 aliphatic carbocycles. The molecule has 2 rings (SSSR count). The molecule has 1 saturated heterocycles. The van der Waals surface area contributed by atoms with Gasteiger partial charge in [-0.05, 0) is 30.3 Å². The molecule has 8 heteroatoms. The van der Waals surface area contributed by atoms with Crippen molar-refractivity contribution in [1.82, 2.24) is 0 Å². The average molecular weight is 412 g/mol. The van der Waals surface area contributed by atoms with Crippen LogP contribution in [-0.2, 0) is 18.6 Å². The van der Waals surface area contributed by atoms with Crippen LogP contribution in [0.4, 0.5) is 0 Å². The Morgan fingerprint density at radius 1 is 1.21 bits per heavy atom. The van der Waals surface area contributed by atoms with Crippen molar-refractivity contribution >= 4 is 14.3 Å². The molecule has 0 aromatic heterocycles. The number of benzene rings is 1. The van der Waals surface area contributed by atoms with Crippen LogP contribution in [0.3, 0.4) is 0 Å². The lowest BCUT2D eigenvalue weighted by Crippen LogP contribution is -2.66. The van der Waals surface area contributed by atoms with Crippen molar-refractivity contribution in [3.63, 3.8) is 0 Å². The van der Waals surface area contributed by atoms with Crippen molar-refractivity contribution in [3.8, 4) is 0 Å². The molecule has 1 aromatic rings. The highest BCUT2D eigenvalue weighted by molar-refractivity contribution is 6.74. The number of hydrogen-bond acceptors (Lipinski definition) is 7. The number of hydrogen-bond donors (Lipinski definition) is 2. The second-order valence-corrected chi connectivity index (χ2v) is 13.4. The highest BCUT2D eigenvalue weighted by Crippen LogP contribution is 2.39. The zero-order valence-electron chi connectivity index (χ0n) is 17.5. The maximum absolute atomic E-state index is 12.7. The molecule has 0 unspecified atom stereocenters. The number of methoxy groups -OCH3 is 1. The summed E-state index contributed by atoms with van der Waals surface area (Å²) in [6, 6.07) is 7.94. The van der Waals surface area contributed by atoms with Gasteiger partial charge in [-0.2, -0.15) is 0 Å². The minimum Gasteiger partial charge on any atom is -0.454 e. The zero-order chi connectivity index (χ0) is 21.1.